The van der Waals surface area contributed by atoms with Crippen molar-refractivity contribution in [3.05, 3.63) is 11.6 Å². The molecule has 0 spiro atoms. The van der Waals surface area contributed by atoms with Crippen molar-refractivity contribution in [1.29, 1.82) is 0 Å². The average molecular weight is 278 g/mol. The van der Waals surface area contributed by atoms with Gasteiger partial charge in [0.2, 0.25) is 0 Å². The Bertz CT molecular complexity index is 546. The SMILES string of the molecule is CC1=CC(C2CC(=O)OCC2=O)CC2C(=O)OC(=O)C12. The molecule has 2 saturated heterocycles. The summed E-state index contributed by atoms with van der Waals surface area (Å²) < 4.78 is 9.37. The van der Waals surface area contributed by atoms with Gasteiger partial charge in [0.15, 0.2) is 5.78 Å². The lowest BCUT2D eigenvalue weighted by Crippen LogP contribution is -2.38. The maximum absolute atomic E-state index is 11.9. The monoisotopic (exact) mass is 278 g/mol. The Labute approximate surface area is 115 Å². The van der Waals surface area contributed by atoms with Gasteiger partial charge in [-0.25, -0.2) is 0 Å². The number of fused-ring (bicyclic) bond motifs is 1. The van der Waals surface area contributed by atoms with Gasteiger partial charge in [-0.3, -0.25) is 19.2 Å². The molecule has 6 nitrogen and oxygen atoms in total. The normalized spacial score (nSPS) is 37.1. The third kappa shape index (κ3) is 1.95. The lowest BCUT2D eigenvalue weighted by atomic mass is 9.70. The molecule has 4 unspecified atom stereocenters. The second kappa shape index (κ2) is 4.54. The number of rotatable bonds is 1. The first-order chi connectivity index (χ1) is 9.47. The molecule has 0 aromatic rings. The third-order valence-electron chi connectivity index (χ3n) is 4.35. The summed E-state index contributed by atoms with van der Waals surface area (Å²) in [6.45, 7) is 1.56. The molecule has 2 fully saturated rings. The number of hydrogen-bond donors (Lipinski definition) is 0. The van der Waals surface area contributed by atoms with Crippen LogP contribution in [0.15, 0.2) is 11.6 Å². The van der Waals surface area contributed by atoms with E-state index < -0.39 is 35.7 Å². The zero-order chi connectivity index (χ0) is 14.4. The molecule has 1 aliphatic carbocycles. The fraction of sp³-hybridized carbons (Fsp3) is 0.571. The van der Waals surface area contributed by atoms with E-state index in [1.807, 2.05) is 6.08 Å². The molecule has 2 aliphatic heterocycles. The molecular formula is C14H14O6. The first kappa shape index (κ1) is 13.0. The molecule has 106 valence electrons. The molecule has 0 radical (unpaired) electrons. The maximum atomic E-state index is 11.9. The summed E-state index contributed by atoms with van der Waals surface area (Å²) in [7, 11) is 0. The summed E-state index contributed by atoms with van der Waals surface area (Å²) in [4.78, 5) is 46.5. The van der Waals surface area contributed by atoms with Crippen molar-refractivity contribution in [2.75, 3.05) is 6.61 Å². The molecule has 3 aliphatic rings. The number of Topliss-reactive ketones (excluding diaryl/α,β-unsaturated/α-hetero) is 1. The van der Waals surface area contributed by atoms with Gasteiger partial charge in [-0.2, -0.15) is 0 Å². The quantitative estimate of drug-likeness (QED) is 0.392. The van der Waals surface area contributed by atoms with Crippen LogP contribution in [0.25, 0.3) is 0 Å². The predicted molar refractivity (Wildman–Crippen MR) is 64.0 cm³/mol. The van der Waals surface area contributed by atoms with E-state index in [0.29, 0.717) is 6.42 Å². The molecule has 4 atom stereocenters. The largest absolute Gasteiger partial charge is 0.458 e. The number of carbonyl (C=O) groups excluding carboxylic acids is 4. The Kier molecular flexibility index (Phi) is 2.96. The lowest BCUT2D eigenvalue weighted by molar-refractivity contribution is -0.158. The Morgan fingerprint density at radius 2 is 1.85 bits per heavy atom. The standard InChI is InChI=1S/C14H14O6/c1-6-2-7(8-4-11(16)19-5-10(8)15)3-9-12(6)14(18)20-13(9)17/h2,7-9,12H,3-5H2,1H3. The summed E-state index contributed by atoms with van der Waals surface area (Å²) in [5.41, 5.74) is 0.744. The van der Waals surface area contributed by atoms with Crippen molar-refractivity contribution in [3.63, 3.8) is 0 Å². The Morgan fingerprint density at radius 1 is 1.10 bits per heavy atom. The number of cyclic esters (lactones) is 3. The van der Waals surface area contributed by atoms with Crippen LogP contribution >= 0.6 is 0 Å². The number of hydrogen-bond acceptors (Lipinski definition) is 6. The van der Waals surface area contributed by atoms with Crippen molar-refractivity contribution in [3.8, 4) is 0 Å². The number of allylic oxidation sites excluding steroid dienone is 1. The summed E-state index contributed by atoms with van der Waals surface area (Å²) in [6, 6.07) is 0. The minimum Gasteiger partial charge on any atom is -0.458 e. The molecule has 3 rings (SSSR count). The van der Waals surface area contributed by atoms with Gasteiger partial charge in [0.25, 0.3) is 0 Å². The topological polar surface area (TPSA) is 86.7 Å². The Hall–Kier alpha value is -1.98. The summed E-state index contributed by atoms with van der Waals surface area (Å²) in [6.07, 6.45) is 2.24. The number of ketones is 1. The van der Waals surface area contributed by atoms with Gasteiger partial charge in [0.1, 0.15) is 6.61 Å². The highest BCUT2D eigenvalue weighted by Gasteiger charge is 2.50. The van der Waals surface area contributed by atoms with Crippen LogP contribution < -0.4 is 0 Å². The van der Waals surface area contributed by atoms with E-state index in [1.165, 1.54) is 0 Å². The second-order valence-electron chi connectivity index (χ2n) is 5.57. The van der Waals surface area contributed by atoms with Gasteiger partial charge in [-0.05, 0) is 19.3 Å². The summed E-state index contributed by atoms with van der Waals surface area (Å²) >= 11 is 0. The van der Waals surface area contributed by atoms with Crippen LogP contribution in [0.4, 0.5) is 0 Å². The van der Waals surface area contributed by atoms with E-state index in [2.05, 4.69) is 4.74 Å². The zero-order valence-electron chi connectivity index (χ0n) is 11.0. The van der Waals surface area contributed by atoms with Crippen molar-refractivity contribution < 1.29 is 28.7 Å². The van der Waals surface area contributed by atoms with Crippen molar-refractivity contribution in [2.24, 2.45) is 23.7 Å². The van der Waals surface area contributed by atoms with Crippen molar-refractivity contribution >= 4 is 23.7 Å². The van der Waals surface area contributed by atoms with E-state index in [9.17, 15) is 19.2 Å². The van der Waals surface area contributed by atoms with E-state index in [0.717, 1.165) is 5.57 Å². The van der Waals surface area contributed by atoms with Crippen molar-refractivity contribution in [1.82, 2.24) is 0 Å². The molecule has 0 N–H and O–H groups in total. The predicted octanol–water partition coefficient (Wildman–Crippen LogP) is 0.401. The second-order valence-corrected chi connectivity index (χ2v) is 5.57. The summed E-state index contributed by atoms with van der Waals surface area (Å²) in [5, 5.41) is 0. The van der Waals surface area contributed by atoms with Gasteiger partial charge >= 0.3 is 17.9 Å². The minimum absolute atomic E-state index is 0.0354. The molecule has 20 heavy (non-hydrogen) atoms. The molecule has 0 aromatic carbocycles. The molecule has 0 saturated carbocycles. The third-order valence-corrected chi connectivity index (χ3v) is 4.35. The molecule has 0 amide bonds. The maximum Gasteiger partial charge on any atom is 0.321 e. The average Bonchev–Trinajstić information content (AvgIpc) is 2.68. The lowest BCUT2D eigenvalue weighted by Gasteiger charge is -2.32. The van der Waals surface area contributed by atoms with Gasteiger partial charge in [0, 0.05) is 5.92 Å². The van der Waals surface area contributed by atoms with Crippen molar-refractivity contribution in [2.45, 2.75) is 19.8 Å². The highest BCUT2D eigenvalue weighted by atomic mass is 16.6. The van der Waals surface area contributed by atoms with Crippen LogP contribution in [0.3, 0.4) is 0 Å². The van der Waals surface area contributed by atoms with Crippen LogP contribution in [-0.4, -0.2) is 30.3 Å². The number of ether oxygens (including phenoxy) is 2. The van der Waals surface area contributed by atoms with Crippen LogP contribution in [0.5, 0.6) is 0 Å². The summed E-state index contributed by atoms with van der Waals surface area (Å²) in [5.74, 6) is -3.29. The highest BCUT2D eigenvalue weighted by molar-refractivity contribution is 5.98. The zero-order valence-corrected chi connectivity index (χ0v) is 11.0. The smallest absolute Gasteiger partial charge is 0.321 e. The van der Waals surface area contributed by atoms with Crippen LogP contribution in [0, 0.1) is 23.7 Å². The minimum atomic E-state index is -0.525. The molecule has 6 heteroatoms. The Balaban J connectivity index is 1.87. The fourth-order valence-corrected chi connectivity index (χ4v) is 3.36. The Morgan fingerprint density at radius 3 is 2.60 bits per heavy atom. The van der Waals surface area contributed by atoms with Gasteiger partial charge in [-0.1, -0.05) is 11.6 Å². The van der Waals surface area contributed by atoms with Crippen LogP contribution in [0.1, 0.15) is 19.8 Å². The first-order valence-corrected chi connectivity index (χ1v) is 6.59. The fourth-order valence-electron chi connectivity index (χ4n) is 3.36. The van der Waals surface area contributed by atoms with Crippen LogP contribution in [0.2, 0.25) is 0 Å². The first-order valence-electron chi connectivity index (χ1n) is 6.59. The van der Waals surface area contributed by atoms with E-state index in [1.54, 1.807) is 6.92 Å². The molecule has 0 bridgehead atoms. The van der Waals surface area contributed by atoms with Gasteiger partial charge in [0.05, 0.1) is 18.3 Å². The number of esters is 3. The van der Waals surface area contributed by atoms with E-state index >= 15 is 0 Å². The van der Waals surface area contributed by atoms with Gasteiger partial charge in [-0.15, -0.1) is 0 Å². The van der Waals surface area contributed by atoms with E-state index in [4.69, 9.17) is 4.74 Å². The molecule has 0 aromatic heterocycles. The van der Waals surface area contributed by atoms with E-state index in [-0.39, 0.29) is 24.7 Å². The molecule has 2 heterocycles. The number of carbonyl (C=O) groups is 4. The van der Waals surface area contributed by atoms with Crippen LogP contribution in [-0.2, 0) is 28.7 Å². The highest BCUT2D eigenvalue weighted by Crippen LogP contribution is 2.42. The molecular weight excluding hydrogens is 264 g/mol. The van der Waals surface area contributed by atoms with Gasteiger partial charge < -0.3 is 9.47 Å².